The fourth-order valence-corrected chi connectivity index (χ4v) is 4.62. The highest BCUT2D eigenvalue weighted by atomic mass is 32.2. The number of thioether (sulfide) groups is 1. The standard InChI is InChI=1S/C11H16N2OS2/c14-10-11(3-6-16-7-4-11)12-9(15)8-2-1-5-13(8)10/h8H,1-7H2,(H,12,15)/t8-/m0/s1. The first-order valence-corrected chi connectivity index (χ1v) is 7.50. The minimum Gasteiger partial charge on any atom is -0.364 e. The molecule has 88 valence electrons. The van der Waals surface area contributed by atoms with Gasteiger partial charge in [0.25, 0.3) is 0 Å². The van der Waals surface area contributed by atoms with Crippen molar-refractivity contribution in [3.05, 3.63) is 0 Å². The number of piperazine rings is 1. The number of nitrogens with zero attached hydrogens (tertiary/aromatic N) is 1. The Morgan fingerprint density at radius 2 is 2.19 bits per heavy atom. The summed E-state index contributed by atoms with van der Waals surface area (Å²) < 4.78 is 0. The molecule has 1 spiro atoms. The van der Waals surface area contributed by atoms with Crippen LogP contribution in [0.4, 0.5) is 0 Å². The fourth-order valence-electron chi connectivity index (χ4n) is 2.99. The number of nitrogens with one attached hydrogen (secondary N) is 1. The first-order valence-electron chi connectivity index (χ1n) is 5.94. The smallest absolute Gasteiger partial charge is 0.248 e. The maximum Gasteiger partial charge on any atom is 0.248 e. The molecule has 3 heterocycles. The van der Waals surface area contributed by atoms with E-state index < -0.39 is 0 Å². The molecule has 0 bridgehead atoms. The highest BCUT2D eigenvalue weighted by Gasteiger charge is 2.50. The van der Waals surface area contributed by atoms with Crippen LogP contribution in [0.2, 0.25) is 0 Å². The minimum atomic E-state index is -0.344. The Balaban J connectivity index is 1.90. The summed E-state index contributed by atoms with van der Waals surface area (Å²) in [4.78, 5) is 15.5. The molecule has 3 saturated heterocycles. The third kappa shape index (κ3) is 1.48. The summed E-state index contributed by atoms with van der Waals surface area (Å²) in [6, 6.07) is 0.197. The van der Waals surface area contributed by atoms with Gasteiger partial charge in [0.1, 0.15) is 5.54 Å². The zero-order valence-corrected chi connectivity index (χ0v) is 10.8. The summed E-state index contributed by atoms with van der Waals surface area (Å²) in [6.45, 7) is 0.903. The average Bonchev–Trinajstić information content (AvgIpc) is 2.77. The molecule has 0 unspecified atom stereocenters. The molecule has 0 aromatic heterocycles. The number of amides is 1. The quantitative estimate of drug-likeness (QED) is 0.660. The summed E-state index contributed by atoms with van der Waals surface area (Å²) in [5, 5.41) is 3.38. The average molecular weight is 256 g/mol. The highest BCUT2D eigenvalue weighted by Crippen LogP contribution is 2.35. The van der Waals surface area contributed by atoms with Crippen molar-refractivity contribution < 1.29 is 4.79 Å². The maximum atomic E-state index is 12.5. The monoisotopic (exact) mass is 256 g/mol. The summed E-state index contributed by atoms with van der Waals surface area (Å²) in [5.41, 5.74) is -0.344. The number of carbonyl (C=O) groups is 1. The van der Waals surface area contributed by atoms with Crippen molar-refractivity contribution in [2.75, 3.05) is 18.1 Å². The number of carbonyl (C=O) groups excluding carboxylic acids is 1. The second-order valence-electron chi connectivity index (χ2n) is 4.84. The molecule has 3 rings (SSSR count). The van der Waals surface area contributed by atoms with Gasteiger partial charge in [-0.25, -0.2) is 0 Å². The molecule has 0 aromatic rings. The third-order valence-corrected chi connectivity index (χ3v) is 5.29. The van der Waals surface area contributed by atoms with E-state index in [4.69, 9.17) is 12.2 Å². The molecule has 5 heteroatoms. The number of hydrogen-bond donors (Lipinski definition) is 1. The van der Waals surface area contributed by atoms with Gasteiger partial charge < -0.3 is 10.2 Å². The maximum absolute atomic E-state index is 12.5. The number of thiocarbonyl (C=S) groups is 1. The second-order valence-corrected chi connectivity index (χ2v) is 6.50. The molecule has 0 radical (unpaired) electrons. The molecule has 16 heavy (non-hydrogen) atoms. The molecular formula is C11H16N2OS2. The number of hydrogen-bond acceptors (Lipinski definition) is 3. The van der Waals surface area contributed by atoms with Gasteiger partial charge in [-0.1, -0.05) is 12.2 Å². The van der Waals surface area contributed by atoms with Gasteiger partial charge in [-0.2, -0.15) is 11.8 Å². The Kier molecular flexibility index (Phi) is 2.63. The van der Waals surface area contributed by atoms with Gasteiger partial charge in [0, 0.05) is 6.54 Å². The van der Waals surface area contributed by atoms with Crippen molar-refractivity contribution in [2.24, 2.45) is 0 Å². The Morgan fingerprint density at radius 1 is 1.44 bits per heavy atom. The van der Waals surface area contributed by atoms with Crippen LogP contribution in [0.1, 0.15) is 25.7 Å². The van der Waals surface area contributed by atoms with Crippen LogP contribution in [0, 0.1) is 0 Å². The van der Waals surface area contributed by atoms with Crippen molar-refractivity contribution >= 4 is 34.9 Å². The summed E-state index contributed by atoms with van der Waals surface area (Å²) in [7, 11) is 0. The SMILES string of the molecule is O=C1N2CCC[C@H]2C(=S)NC12CCSCC2. The molecule has 0 aromatic carbocycles. The predicted molar refractivity (Wildman–Crippen MR) is 69.8 cm³/mol. The van der Waals surface area contributed by atoms with Crippen LogP contribution in [-0.4, -0.2) is 45.4 Å². The molecular weight excluding hydrogens is 240 g/mol. The lowest BCUT2D eigenvalue weighted by molar-refractivity contribution is -0.139. The Labute approximate surface area is 105 Å². The van der Waals surface area contributed by atoms with Crippen LogP contribution in [0.3, 0.4) is 0 Å². The van der Waals surface area contributed by atoms with E-state index in [0.29, 0.717) is 5.91 Å². The molecule has 0 aliphatic carbocycles. The zero-order chi connectivity index (χ0) is 11.2. The first-order chi connectivity index (χ1) is 7.73. The van der Waals surface area contributed by atoms with E-state index in [1.165, 1.54) is 0 Å². The van der Waals surface area contributed by atoms with Crippen molar-refractivity contribution in [1.82, 2.24) is 10.2 Å². The van der Waals surface area contributed by atoms with Crippen LogP contribution in [0.5, 0.6) is 0 Å². The molecule has 1 amide bonds. The van der Waals surface area contributed by atoms with Crippen LogP contribution in [-0.2, 0) is 4.79 Å². The van der Waals surface area contributed by atoms with Crippen molar-refractivity contribution in [1.29, 1.82) is 0 Å². The Hall–Kier alpha value is -0.290. The zero-order valence-electron chi connectivity index (χ0n) is 9.20. The molecule has 3 aliphatic heterocycles. The van der Waals surface area contributed by atoms with Gasteiger partial charge in [-0.3, -0.25) is 4.79 Å². The van der Waals surface area contributed by atoms with Gasteiger partial charge in [-0.15, -0.1) is 0 Å². The van der Waals surface area contributed by atoms with Crippen LogP contribution in [0.15, 0.2) is 0 Å². The lowest BCUT2D eigenvalue weighted by Gasteiger charge is -2.46. The second kappa shape index (κ2) is 3.88. The van der Waals surface area contributed by atoms with E-state index >= 15 is 0 Å². The third-order valence-electron chi connectivity index (χ3n) is 3.93. The molecule has 3 fully saturated rings. The van der Waals surface area contributed by atoms with Crippen LogP contribution < -0.4 is 5.32 Å². The lowest BCUT2D eigenvalue weighted by atomic mass is 9.87. The van der Waals surface area contributed by atoms with E-state index in [1.54, 1.807) is 0 Å². The summed E-state index contributed by atoms with van der Waals surface area (Å²) >= 11 is 7.38. The van der Waals surface area contributed by atoms with E-state index in [-0.39, 0.29) is 11.6 Å². The van der Waals surface area contributed by atoms with Gasteiger partial charge >= 0.3 is 0 Å². The summed E-state index contributed by atoms with van der Waals surface area (Å²) in [5.74, 6) is 2.45. The van der Waals surface area contributed by atoms with Crippen molar-refractivity contribution in [3.63, 3.8) is 0 Å². The first kappa shape index (κ1) is 10.8. The van der Waals surface area contributed by atoms with Crippen molar-refractivity contribution in [3.8, 4) is 0 Å². The van der Waals surface area contributed by atoms with Crippen LogP contribution >= 0.6 is 24.0 Å². The Morgan fingerprint density at radius 3 is 2.94 bits per heavy atom. The van der Waals surface area contributed by atoms with Gasteiger partial charge in [-0.05, 0) is 37.2 Å². The topological polar surface area (TPSA) is 32.3 Å². The van der Waals surface area contributed by atoms with E-state index in [1.807, 2.05) is 16.7 Å². The molecule has 1 N–H and O–H groups in total. The molecule has 0 saturated carbocycles. The lowest BCUT2D eigenvalue weighted by Crippen LogP contribution is -2.69. The van der Waals surface area contributed by atoms with Crippen LogP contribution in [0.25, 0.3) is 0 Å². The fraction of sp³-hybridized carbons (Fsp3) is 0.818. The minimum absolute atomic E-state index is 0.197. The van der Waals surface area contributed by atoms with E-state index in [2.05, 4.69) is 5.32 Å². The van der Waals surface area contributed by atoms with Gasteiger partial charge in [0.15, 0.2) is 0 Å². The summed E-state index contributed by atoms with van der Waals surface area (Å²) in [6.07, 6.45) is 4.01. The van der Waals surface area contributed by atoms with Gasteiger partial charge in [0.05, 0.1) is 11.0 Å². The van der Waals surface area contributed by atoms with E-state index in [9.17, 15) is 4.79 Å². The normalized spacial score (nSPS) is 32.8. The van der Waals surface area contributed by atoms with Crippen molar-refractivity contribution in [2.45, 2.75) is 37.3 Å². The predicted octanol–water partition coefficient (Wildman–Crippen LogP) is 1.17. The molecule has 1 atom stereocenters. The Bertz CT molecular complexity index is 339. The largest absolute Gasteiger partial charge is 0.364 e. The van der Waals surface area contributed by atoms with Gasteiger partial charge in [0.2, 0.25) is 5.91 Å². The molecule has 3 nitrogen and oxygen atoms in total. The van der Waals surface area contributed by atoms with E-state index in [0.717, 1.165) is 48.7 Å². The number of fused-ring (bicyclic) bond motifs is 1. The molecule has 3 aliphatic rings. The number of rotatable bonds is 0. The highest BCUT2D eigenvalue weighted by molar-refractivity contribution is 7.99.